The van der Waals surface area contributed by atoms with Gasteiger partial charge in [-0.3, -0.25) is 4.99 Å². The maximum Gasteiger partial charge on any atom is 0.179 e. The monoisotopic (exact) mass is 199 g/mol. The summed E-state index contributed by atoms with van der Waals surface area (Å²) in [5.41, 5.74) is 1.29. The van der Waals surface area contributed by atoms with E-state index in [1.165, 1.54) is 5.71 Å². The molecular formula is C9H17N3S. The van der Waals surface area contributed by atoms with Gasteiger partial charge in [-0.25, -0.2) is 5.01 Å². The van der Waals surface area contributed by atoms with Crippen LogP contribution >= 0.6 is 11.8 Å². The van der Waals surface area contributed by atoms with Gasteiger partial charge >= 0.3 is 0 Å². The van der Waals surface area contributed by atoms with E-state index in [2.05, 4.69) is 23.9 Å². The Morgan fingerprint density at radius 2 is 2.38 bits per heavy atom. The van der Waals surface area contributed by atoms with Gasteiger partial charge in [0.05, 0.1) is 0 Å². The van der Waals surface area contributed by atoms with Gasteiger partial charge in [0, 0.05) is 25.2 Å². The van der Waals surface area contributed by atoms with Gasteiger partial charge in [-0.15, -0.1) is 0 Å². The molecule has 1 rings (SSSR count). The van der Waals surface area contributed by atoms with Gasteiger partial charge in [-0.05, 0) is 19.6 Å². The van der Waals surface area contributed by atoms with Gasteiger partial charge in [0.25, 0.3) is 0 Å². The molecule has 4 heteroatoms. The zero-order chi connectivity index (χ0) is 9.68. The molecule has 0 aromatic heterocycles. The fourth-order valence-corrected chi connectivity index (χ4v) is 1.88. The summed E-state index contributed by atoms with van der Waals surface area (Å²) in [5, 5.41) is 7.56. The standard InChI is InChI=1S/C9H17N3S/c1-4-8-6-7-12(11-8)9(13-3)10-5-2/h4-7H2,1-3H3. The lowest BCUT2D eigenvalue weighted by Gasteiger charge is -2.13. The minimum absolute atomic E-state index is 0.837. The molecule has 0 saturated carbocycles. The van der Waals surface area contributed by atoms with E-state index in [0.717, 1.165) is 31.1 Å². The van der Waals surface area contributed by atoms with Gasteiger partial charge in [-0.2, -0.15) is 5.10 Å². The van der Waals surface area contributed by atoms with Crippen LogP contribution in [0.15, 0.2) is 10.1 Å². The van der Waals surface area contributed by atoms with Crippen LogP contribution in [-0.4, -0.2) is 35.2 Å². The van der Waals surface area contributed by atoms with Crippen LogP contribution in [0.4, 0.5) is 0 Å². The first kappa shape index (κ1) is 10.6. The van der Waals surface area contributed by atoms with Crippen molar-refractivity contribution in [2.24, 2.45) is 10.1 Å². The van der Waals surface area contributed by atoms with Crippen molar-refractivity contribution in [1.29, 1.82) is 0 Å². The Hall–Kier alpha value is -0.510. The third-order valence-corrected chi connectivity index (χ3v) is 2.68. The highest BCUT2D eigenvalue weighted by molar-refractivity contribution is 8.13. The molecule has 74 valence electrons. The zero-order valence-corrected chi connectivity index (χ0v) is 9.39. The molecule has 0 unspecified atom stereocenters. The van der Waals surface area contributed by atoms with Gasteiger partial charge in [0.2, 0.25) is 0 Å². The van der Waals surface area contributed by atoms with Crippen molar-refractivity contribution in [2.75, 3.05) is 19.3 Å². The van der Waals surface area contributed by atoms with Crippen molar-refractivity contribution < 1.29 is 0 Å². The van der Waals surface area contributed by atoms with Crippen LogP contribution in [0.25, 0.3) is 0 Å². The molecule has 0 bridgehead atoms. The predicted molar refractivity (Wildman–Crippen MR) is 60.5 cm³/mol. The van der Waals surface area contributed by atoms with Crippen LogP contribution in [0.3, 0.4) is 0 Å². The van der Waals surface area contributed by atoms with E-state index in [4.69, 9.17) is 0 Å². The Morgan fingerprint density at radius 1 is 1.62 bits per heavy atom. The number of aliphatic imine (C=N–C) groups is 1. The summed E-state index contributed by atoms with van der Waals surface area (Å²) in [5.74, 6) is 0. The summed E-state index contributed by atoms with van der Waals surface area (Å²) in [6, 6.07) is 0. The summed E-state index contributed by atoms with van der Waals surface area (Å²) < 4.78 is 0. The SMILES string of the molecule is CCN=C(SC)N1CCC(CC)=N1. The topological polar surface area (TPSA) is 28.0 Å². The zero-order valence-electron chi connectivity index (χ0n) is 8.58. The van der Waals surface area contributed by atoms with Crippen molar-refractivity contribution in [1.82, 2.24) is 5.01 Å². The maximum absolute atomic E-state index is 4.49. The van der Waals surface area contributed by atoms with Crippen molar-refractivity contribution in [3.8, 4) is 0 Å². The van der Waals surface area contributed by atoms with Crippen molar-refractivity contribution in [2.45, 2.75) is 26.7 Å². The summed E-state index contributed by atoms with van der Waals surface area (Å²) >= 11 is 1.67. The minimum Gasteiger partial charge on any atom is -0.261 e. The number of hydrazone groups is 1. The molecule has 0 amide bonds. The molecule has 1 aliphatic rings. The van der Waals surface area contributed by atoms with Gasteiger partial charge in [0.1, 0.15) is 0 Å². The Morgan fingerprint density at radius 3 is 2.85 bits per heavy atom. The molecule has 0 spiro atoms. The molecule has 1 aliphatic heterocycles. The Bertz CT molecular complexity index is 223. The molecule has 0 aromatic carbocycles. The minimum atomic E-state index is 0.837. The molecule has 0 aromatic rings. The van der Waals surface area contributed by atoms with E-state index in [-0.39, 0.29) is 0 Å². The third kappa shape index (κ3) is 2.72. The van der Waals surface area contributed by atoms with E-state index in [1.54, 1.807) is 11.8 Å². The first-order chi connectivity index (χ1) is 6.31. The molecule has 13 heavy (non-hydrogen) atoms. The van der Waals surface area contributed by atoms with Crippen LogP contribution < -0.4 is 0 Å². The molecule has 1 heterocycles. The van der Waals surface area contributed by atoms with Crippen molar-refractivity contribution >= 4 is 22.6 Å². The van der Waals surface area contributed by atoms with E-state index < -0.39 is 0 Å². The largest absolute Gasteiger partial charge is 0.261 e. The van der Waals surface area contributed by atoms with E-state index in [0.29, 0.717) is 0 Å². The van der Waals surface area contributed by atoms with Gasteiger partial charge in [0.15, 0.2) is 5.17 Å². The van der Waals surface area contributed by atoms with E-state index >= 15 is 0 Å². The molecule has 0 saturated heterocycles. The summed E-state index contributed by atoms with van der Waals surface area (Å²) in [6.07, 6.45) is 4.21. The second-order valence-electron chi connectivity index (χ2n) is 2.85. The lowest BCUT2D eigenvalue weighted by molar-refractivity contribution is 0.499. The molecule has 3 nitrogen and oxygen atoms in total. The second-order valence-corrected chi connectivity index (χ2v) is 3.63. The third-order valence-electron chi connectivity index (χ3n) is 1.98. The van der Waals surface area contributed by atoms with Crippen LogP contribution in [0.5, 0.6) is 0 Å². The highest BCUT2D eigenvalue weighted by atomic mass is 32.2. The Labute approximate surface area is 84.3 Å². The highest BCUT2D eigenvalue weighted by Gasteiger charge is 2.16. The number of hydrogen-bond donors (Lipinski definition) is 0. The van der Waals surface area contributed by atoms with Crippen molar-refractivity contribution in [3.63, 3.8) is 0 Å². The Balaban J connectivity index is 2.62. The van der Waals surface area contributed by atoms with Crippen LogP contribution in [0.1, 0.15) is 26.7 Å². The fraction of sp³-hybridized carbons (Fsp3) is 0.778. The second kappa shape index (κ2) is 5.27. The highest BCUT2D eigenvalue weighted by Crippen LogP contribution is 2.14. The summed E-state index contributed by atoms with van der Waals surface area (Å²) in [4.78, 5) is 4.39. The van der Waals surface area contributed by atoms with Crippen LogP contribution in [-0.2, 0) is 0 Å². The van der Waals surface area contributed by atoms with E-state index in [1.807, 2.05) is 11.3 Å². The molecule has 0 aliphatic carbocycles. The van der Waals surface area contributed by atoms with E-state index in [9.17, 15) is 0 Å². The molecule has 0 fully saturated rings. The number of thioether (sulfide) groups is 1. The normalized spacial score (nSPS) is 17.9. The Kier molecular flexibility index (Phi) is 4.28. The number of rotatable bonds is 2. The summed E-state index contributed by atoms with van der Waals surface area (Å²) in [6.45, 7) is 6.04. The summed E-state index contributed by atoms with van der Waals surface area (Å²) in [7, 11) is 0. The quantitative estimate of drug-likeness (QED) is 0.504. The maximum atomic E-state index is 4.49. The first-order valence-corrected chi connectivity index (χ1v) is 5.96. The molecule has 0 atom stereocenters. The van der Waals surface area contributed by atoms with Gasteiger partial charge in [-0.1, -0.05) is 18.7 Å². The lowest BCUT2D eigenvalue weighted by Crippen LogP contribution is -2.20. The number of hydrogen-bond acceptors (Lipinski definition) is 3. The molecular weight excluding hydrogens is 182 g/mol. The van der Waals surface area contributed by atoms with Gasteiger partial charge < -0.3 is 0 Å². The van der Waals surface area contributed by atoms with Crippen LogP contribution in [0, 0.1) is 0 Å². The number of amidine groups is 1. The van der Waals surface area contributed by atoms with Crippen LogP contribution in [0.2, 0.25) is 0 Å². The fourth-order valence-electron chi connectivity index (χ4n) is 1.28. The predicted octanol–water partition coefficient (Wildman–Crippen LogP) is 2.20. The first-order valence-electron chi connectivity index (χ1n) is 4.74. The molecule has 0 radical (unpaired) electrons. The smallest absolute Gasteiger partial charge is 0.179 e. The average molecular weight is 199 g/mol. The molecule has 0 N–H and O–H groups in total. The lowest BCUT2D eigenvalue weighted by atomic mass is 10.2. The van der Waals surface area contributed by atoms with Crippen molar-refractivity contribution in [3.05, 3.63) is 0 Å². The average Bonchev–Trinajstić information content (AvgIpc) is 2.62. The number of nitrogens with zero attached hydrogens (tertiary/aromatic N) is 3.